The summed E-state index contributed by atoms with van der Waals surface area (Å²) in [5, 5.41) is 27.2. The number of rotatable bonds is 31. The van der Waals surface area contributed by atoms with Gasteiger partial charge >= 0.3 is 17.9 Å². The lowest BCUT2D eigenvalue weighted by molar-refractivity contribution is -0.928. The number of carboxylic acid groups (broad SMARTS) is 3. The van der Waals surface area contributed by atoms with E-state index in [0.29, 0.717) is 43.4 Å². The van der Waals surface area contributed by atoms with Gasteiger partial charge in [-0.05, 0) is 19.3 Å². The second-order valence-electron chi connectivity index (χ2n) is 11.7. The number of unbranched alkanes of at least 4 members (excludes halogenated alkanes) is 15. The summed E-state index contributed by atoms with van der Waals surface area (Å²) in [5.41, 5.74) is 0. The second kappa shape index (κ2) is 27.3. The van der Waals surface area contributed by atoms with E-state index in [4.69, 9.17) is 15.3 Å². The third-order valence-corrected chi connectivity index (χ3v) is 7.96. The molecule has 40 heavy (non-hydrogen) atoms. The summed E-state index contributed by atoms with van der Waals surface area (Å²) >= 11 is 0. The molecule has 0 radical (unpaired) electrons. The summed E-state index contributed by atoms with van der Waals surface area (Å²) in [6.07, 6.45) is 28.4. The van der Waals surface area contributed by atoms with Crippen molar-refractivity contribution in [3.8, 4) is 0 Å². The number of nitrogens with zero attached hydrogens (tertiary/aromatic N) is 1. The van der Waals surface area contributed by atoms with Crippen molar-refractivity contribution in [3.05, 3.63) is 12.2 Å². The quantitative estimate of drug-likeness (QED) is 0.0438. The number of hydrogen-bond acceptors (Lipinski definition) is 3. The Balaban J connectivity index is 4.19. The molecule has 0 rings (SSSR count). The normalized spacial score (nSPS) is 11.8. The van der Waals surface area contributed by atoms with E-state index in [1.165, 1.54) is 89.9 Å². The molecule has 3 N–H and O–H groups in total. The largest absolute Gasteiger partial charge is 0.481 e. The standard InChI is InChI=1S/C33H61NO6/c1-2-3-4-5-6-7-8-9-10-11-12-13-14-15-16-17-18-19-20-27-34(28-21-24-31(35)36,29-22-25-32(37)38)30-23-26-33(39)40/h17-18H,2-16,19-30H2,1H3,(H2-,35,36,37,38,39,40)/p+1/b18-17+. The van der Waals surface area contributed by atoms with Crippen LogP contribution >= 0.6 is 0 Å². The molecule has 0 spiro atoms. The van der Waals surface area contributed by atoms with Crippen LogP contribution in [0.5, 0.6) is 0 Å². The summed E-state index contributed by atoms with van der Waals surface area (Å²) in [7, 11) is 0. The molecule has 0 aromatic carbocycles. The first-order chi connectivity index (χ1) is 19.3. The monoisotopic (exact) mass is 568 g/mol. The molecule has 0 saturated carbocycles. The highest BCUT2D eigenvalue weighted by molar-refractivity contribution is 5.67. The van der Waals surface area contributed by atoms with E-state index >= 15 is 0 Å². The zero-order valence-electron chi connectivity index (χ0n) is 25.8. The van der Waals surface area contributed by atoms with Crippen molar-refractivity contribution in [1.82, 2.24) is 0 Å². The third-order valence-electron chi connectivity index (χ3n) is 7.96. The number of carboxylic acids is 3. The summed E-state index contributed by atoms with van der Waals surface area (Å²) in [6.45, 7) is 5.03. The van der Waals surface area contributed by atoms with Gasteiger partial charge in [0, 0.05) is 25.7 Å². The van der Waals surface area contributed by atoms with Crippen LogP contribution in [-0.2, 0) is 14.4 Å². The van der Waals surface area contributed by atoms with Crippen molar-refractivity contribution in [3.63, 3.8) is 0 Å². The van der Waals surface area contributed by atoms with E-state index in [2.05, 4.69) is 19.1 Å². The highest BCUT2D eigenvalue weighted by Gasteiger charge is 2.27. The molecule has 0 aliphatic rings. The maximum absolute atomic E-state index is 11.1. The first-order valence-corrected chi connectivity index (χ1v) is 16.5. The average molecular weight is 569 g/mol. The molecule has 7 nitrogen and oxygen atoms in total. The van der Waals surface area contributed by atoms with E-state index in [1.807, 2.05) is 0 Å². The molecule has 0 aliphatic carbocycles. The summed E-state index contributed by atoms with van der Waals surface area (Å²) < 4.78 is 0.612. The van der Waals surface area contributed by atoms with Crippen molar-refractivity contribution in [1.29, 1.82) is 0 Å². The van der Waals surface area contributed by atoms with Gasteiger partial charge in [-0.2, -0.15) is 0 Å². The zero-order chi connectivity index (χ0) is 29.7. The van der Waals surface area contributed by atoms with Gasteiger partial charge in [0.25, 0.3) is 0 Å². The van der Waals surface area contributed by atoms with Gasteiger partial charge in [-0.1, -0.05) is 103 Å². The lowest BCUT2D eigenvalue weighted by atomic mass is 10.0. The molecule has 0 unspecified atom stereocenters. The number of quaternary nitrogens is 1. The molecule has 0 aromatic rings. The Morgan fingerprint density at radius 2 is 0.750 bits per heavy atom. The maximum Gasteiger partial charge on any atom is 0.303 e. The van der Waals surface area contributed by atoms with Crippen LogP contribution in [0.2, 0.25) is 0 Å². The zero-order valence-corrected chi connectivity index (χ0v) is 25.8. The molecule has 0 bridgehead atoms. The predicted molar refractivity (Wildman–Crippen MR) is 164 cm³/mol. The number of allylic oxidation sites excluding steroid dienone is 2. The second-order valence-corrected chi connectivity index (χ2v) is 11.7. The van der Waals surface area contributed by atoms with Crippen LogP contribution in [0.15, 0.2) is 12.2 Å². The number of aliphatic carboxylic acids is 3. The highest BCUT2D eigenvalue weighted by Crippen LogP contribution is 2.18. The molecule has 7 heteroatoms. The Hall–Kier alpha value is -1.89. The van der Waals surface area contributed by atoms with Crippen LogP contribution < -0.4 is 0 Å². The fourth-order valence-corrected chi connectivity index (χ4v) is 5.60. The number of hydrogen-bond donors (Lipinski definition) is 3. The predicted octanol–water partition coefficient (Wildman–Crippen LogP) is 8.61. The molecule has 0 amide bonds. The van der Waals surface area contributed by atoms with Crippen molar-refractivity contribution in [2.75, 3.05) is 26.2 Å². The fraction of sp³-hybridized carbons (Fsp3) is 0.848. The minimum absolute atomic E-state index is 0.0803. The molecule has 0 saturated heterocycles. The minimum Gasteiger partial charge on any atom is -0.481 e. The Kier molecular flexibility index (Phi) is 26.0. The van der Waals surface area contributed by atoms with E-state index < -0.39 is 17.9 Å². The van der Waals surface area contributed by atoms with Crippen LogP contribution in [0.4, 0.5) is 0 Å². The van der Waals surface area contributed by atoms with Crippen LogP contribution in [-0.4, -0.2) is 63.9 Å². The minimum atomic E-state index is -0.833. The molecule has 234 valence electrons. The van der Waals surface area contributed by atoms with Gasteiger partial charge in [0.15, 0.2) is 0 Å². The Morgan fingerprint density at radius 1 is 0.450 bits per heavy atom. The molecule has 0 heterocycles. The van der Waals surface area contributed by atoms with Crippen LogP contribution in [0.1, 0.15) is 155 Å². The molecule has 0 aromatic heterocycles. The Labute approximate surface area is 245 Å². The lowest BCUT2D eigenvalue weighted by Gasteiger charge is -2.39. The maximum atomic E-state index is 11.1. The summed E-state index contributed by atoms with van der Waals surface area (Å²) in [5.74, 6) is -2.50. The SMILES string of the molecule is CCCCCCCCCCCCCCCC/C=C/CCC[N+](CCCC(=O)O)(CCCC(=O)O)CCCC(=O)O. The van der Waals surface area contributed by atoms with Crippen LogP contribution in [0, 0.1) is 0 Å². The topological polar surface area (TPSA) is 112 Å². The van der Waals surface area contributed by atoms with Gasteiger partial charge in [-0.3, -0.25) is 14.4 Å². The van der Waals surface area contributed by atoms with Gasteiger partial charge in [0.1, 0.15) is 0 Å². The van der Waals surface area contributed by atoms with Crippen LogP contribution in [0.25, 0.3) is 0 Å². The molecule has 0 aliphatic heterocycles. The third kappa shape index (κ3) is 26.3. The van der Waals surface area contributed by atoms with Gasteiger partial charge in [-0.15, -0.1) is 0 Å². The molecule has 0 fully saturated rings. The Bertz CT molecular complexity index is 613. The first kappa shape index (κ1) is 38.1. The van der Waals surface area contributed by atoms with E-state index in [0.717, 1.165) is 25.8 Å². The van der Waals surface area contributed by atoms with Gasteiger partial charge in [0.05, 0.1) is 45.4 Å². The summed E-state index contributed by atoms with van der Waals surface area (Å²) in [4.78, 5) is 33.2. The van der Waals surface area contributed by atoms with Gasteiger partial charge in [-0.25, -0.2) is 0 Å². The van der Waals surface area contributed by atoms with Crippen LogP contribution in [0.3, 0.4) is 0 Å². The molecular formula is C33H62NO6+. The van der Waals surface area contributed by atoms with Crippen molar-refractivity contribution in [2.45, 2.75) is 155 Å². The van der Waals surface area contributed by atoms with Crippen molar-refractivity contribution >= 4 is 17.9 Å². The number of carbonyl (C=O) groups is 3. The summed E-state index contributed by atoms with van der Waals surface area (Å²) in [6, 6.07) is 0. The van der Waals surface area contributed by atoms with Crippen molar-refractivity contribution in [2.24, 2.45) is 0 Å². The molecular weight excluding hydrogens is 506 g/mol. The van der Waals surface area contributed by atoms with Crippen molar-refractivity contribution < 1.29 is 34.2 Å². The Morgan fingerprint density at radius 3 is 1.10 bits per heavy atom. The highest BCUT2D eigenvalue weighted by atomic mass is 16.4. The first-order valence-electron chi connectivity index (χ1n) is 16.5. The smallest absolute Gasteiger partial charge is 0.303 e. The van der Waals surface area contributed by atoms with Gasteiger partial charge < -0.3 is 19.8 Å². The fourth-order valence-electron chi connectivity index (χ4n) is 5.60. The lowest BCUT2D eigenvalue weighted by Crippen LogP contribution is -2.51. The van der Waals surface area contributed by atoms with E-state index in [9.17, 15) is 14.4 Å². The molecule has 0 atom stereocenters. The average Bonchev–Trinajstić information content (AvgIpc) is 2.89. The van der Waals surface area contributed by atoms with E-state index in [1.54, 1.807) is 0 Å². The van der Waals surface area contributed by atoms with Gasteiger partial charge in [0.2, 0.25) is 0 Å². The van der Waals surface area contributed by atoms with E-state index in [-0.39, 0.29) is 19.3 Å².